The molecule has 3 unspecified atom stereocenters. The van der Waals surface area contributed by atoms with Gasteiger partial charge in [0.05, 0.1) is 6.42 Å². The molecular weight excluding hydrogens is 496 g/mol. The molecule has 4 amide bonds. The maximum atomic E-state index is 14.3. The molecule has 0 fully saturated rings. The molecule has 0 spiro atoms. The third kappa shape index (κ3) is 11.7. The Morgan fingerprint density at radius 3 is 2.00 bits per heavy atom. The Labute approximate surface area is 234 Å². The summed E-state index contributed by atoms with van der Waals surface area (Å²) in [5.41, 5.74) is 6.78. The number of primary amides is 1. The van der Waals surface area contributed by atoms with Gasteiger partial charge in [0, 0.05) is 11.6 Å². The first kappa shape index (κ1) is 33.9. The van der Waals surface area contributed by atoms with Gasteiger partial charge in [-0.15, -0.1) is 0 Å². The maximum Gasteiger partial charge on any atom is 0.408 e. The molecular formula is C30H50N4O5. The van der Waals surface area contributed by atoms with Crippen molar-refractivity contribution in [2.45, 2.75) is 125 Å². The summed E-state index contributed by atoms with van der Waals surface area (Å²) < 4.78 is 5.35. The molecule has 39 heavy (non-hydrogen) atoms. The zero-order chi connectivity index (χ0) is 30.3. The molecule has 9 nitrogen and oxygen atoms in total. The van der Waals surface area contributed by atoms with Crippen molar-refractivity contribution < 1.29 is 23.9 Å². The fourth-order valence-electron chi connectivity index (χ4n) is 4.15. The van der Waals surface area contributed by atoms with Gasteiger partial charge in [-0.05, 0) is 97.8 Å². The zero-order valence-electron chi connectivity index (χ0n) is 25.7. The van der Waals surface area contributed by atoms with Crippen LogP contribution in [0.5, 0.6) is 0 Å². The Morgan fingerprint density at radius 1 is 0.949 bits per heavy atom. The lowest BCUT2D eigenvalue weighted by atomic mass is 9.94. The monoisotopic (exact) mass is 546 g/mol. The van der Waals surface area contributed by atoms with Crippen molar-refractivity contribution in [2.75, 3.05) is 0 Å². The van der Waals surface area contributed by atoms with Crippen molar-refractivity contribution in [3.63, 3.8) is 0 Å². The Balaban J connectivity index is 3.73. The van der Waals surface area contributed by atoms with E-state index in [0.29, 0.717) is 17.9 Å². The van der Waals surface area contributed by atoms with Gasteiger partial charge in [-0.25, -0.2) is 4.79 Å². The predicted octanol–water partition coefficient (Wildman–Crippen LogP) is 4.68. The second-order valence-electron chi connectivity index (χ2n) is 12.9. The summed E-state index contributed by atoms with van der Waals surface area (Å²) in [6, 6.07) is 2.96. The number of nitrogens with one attached hydrogen (secondary N) is 2. The SMILES string of the molecule is Cc1ccc(C(C(=O)NC(C)(C)C)N(C(=O)C(CC(N)=O)NC(=O)OC(C)(C)C)C(C)CCC(C)C)cc1C. The largest absolute Gasteiger partial charge is 0.444 e. The van der Waals surface area contributed by atoms with Crippen LogP contribution in [-0.2, 0) is 19.1 Å². The topological polar surface area (TPSA) is 131 Å². The average Bonchev–Trinajstić information content (AvgIpc) is 2.74. The number of hydrogen-bond donors (Lipinski definition) is 3. The summed E-state index contributed by atoms with van der Waals surface area (Å²) in [5.74, 6) is -1.33. The third-order valence-corrected chi connectivity index (χ3v) is 6.16. The number of carbonyl (C=O) groups is 4. The van der Waals surface area contributed by atoms with Gasteiger partial charge < -0.3 is 26.0 Å². The van der Waals surface area contributed by atoms with Crippen LogP contribution in [0, 0.1) is 19.8 Å². The smallest absolute Gasteiger partial charge is 0.408 e. The predicted molar refractivity (Wildman–Crippen MR) is 154 cm³/mol. The van der Waals surface area contributed by atoms with Crippen LogP contribution in [0.4, 0.5) is 4.79 Å². The highest BCUT2D eigenvalue weighted by Gasteiger charge is 2.40. The number of hydrogen-bond acceptors (Lipinski definition) is 5. The molecule has 1 aromatic carbocycles. The van der Waals surface area contributed by atoms with E-state index >= 15 is 0 Å². The van der Waals surface area contributed by atoms with Gasteiger partial charge >= 0.3 is 6.09 Å². The molecule has 0 saturated heterocycles. The van der Waals surface area contributed by atoms with Crippen LogP contribution >= 0.6 is 0 Å². The molecule has 0 heterocycles. The fraction of sp³-hybridized carbons (Fsp3) is 0.667. The van der Waals surface area contributed by atoms with Crippen LogP contribution in [-0.4, -0.2) is 51.9 Å². The Hall–Kier alpha value is -3.10. The van der Waals surface area contributed by atoms with Crippen molar-refractivity contribution in [2.24, 2.45) is 11.7 Å². The number of alkyl carbamates (subject to hydrolysis) is 1. The lowest BCUT2D eigenvalue weighted by Gasteiger charge is -2.39. The second-order valence-corrected chi connectivity index (χ2v) is 12.9. The highest BCUT2D eigenvalue weighted by atomic mass is 16.6. The molecule has 0 saturated carbocycles. The van der Waals surface area contributed by atoms with E-state index in [9.17, 15) is 19.2 Å². The molecule has 0 radical (unpaired) electrons. The van der Waals surface area contributed by atoms with Gasteiger partial charge in [0.15, 0.2) is 0 Å². The van der Waals surface area contributed by atoms with Crippen molar-refractivity contribution in [3.8, 4) is 0 Å². The van der Waals surface area contributed by atoms with Gasteiger partial charge in [-0.1, -0.05) is 32.0 Å². The quantitative estimate of drug-likeness (QED) is 0.371. The van der Waals surface area contributed by atoms with Gasteiger partial charge in [0.1, 0.15) is 17.7 Å². The molecule has 3 atom stereocenters. The number of nitrogens with two attached hydrogens (primary N) is 1. The molecule has 0 aromatic heterocycles. The summed E-state index contributed by atoms with van der Waals surface area (Å²) in [6.45, 7) is 20.7. The fourth-order valence-corrected chi connectivity index (χ4v) is 4.15. The molecule has 4 N–H and O–H groups in total. The van der Waals surface area contributed by atoms with Crippen molar-refractivity contribution in [1.29, 1.82) is 0 Å². The van der Waals surface area contributed by atoms with E-state index in [0.717, 1.165) is 17.5 Å². The summed E-state index contributed by atoms with van der Waals surface area (Å²) in [5, 5.41) is 5.56. The van der Waals surface area contributed by atoms with Gasteiger partial charge in [-0.2, -0.15) is 0 Å². The average molecular weight is 547 g/mol. The first-order valence-electron chi connectivity index (χ1n) is 13.7. The number of ether oxygens (including phenoxy) is 1. The normalized spacial score (nSPS) is 14.3. The molecule has 9 heteroatoms. The molecule has 0 aliphatic carbocycles. The van der Waals surface area contributed by atoms with Crippen molar-refractivity contribution in [1.82, 2.24) is 15.5 Å². The molecule has 220 valence electrons. The van der Waals surface area contributed by atoms with Gasteiger partial charge in [-0.3, -0.25) is 14.4 Å². The van der Waals surface area contributed by atoms with Crippen molar-refractivity contribution in [3.05, 3.63) is 34.9 Å². The second kappa shape index (κ2) is 13.8. The summed E-state index contributed by atoms with van der Waals surface area (Å²) >= 11 is 0. The van der Waals surface area contributed by atoms with Crippen LogP contribution in [0.15, 0.2) is 18.2 Å². The lowest BCUT2D eigenvalue weighted by Crippen LogP contribution is -2.57. The number of rotatable bonds is 11. The van der Waals surface area contributed by atoms with E-state index in [-0.39, 0.29) is 5.91 Å². The standard InChI is InChI=1S/C30H50N4O5/c1-18(2)12-14-21(5)34(27(37)23(17-24(31)35)32-28(38)39-30(9,10)11)25(26(36)33-29(6,7)8)22-15-13-19(3)20(4)16-22/h13,15-16,18,21,23,25H,12,14,17H2,1-11H3,(H2,31,35)(H,32,38)(H,33,36). The highest BCUT2D eigenvalue weighted by molar-refractivity contribution is 5.95. The van der Waals surface area contributed by atoms with Crippen LogP contribution in [0.25, 0.3) is 0 Å². The first-order valence-corrected chi connectivity index (χ1v) is 13.7. The summed E-state index contributed by atoms with van der Waals surface area (Å²) in [6.07, 6.45) is 0.138. The van der Waals surface area contributed by atoms with E-state index < -0.39 is 53.6 Å². The zero-order valence-corrected chi connectivity index (χ0v) is 25.7. The van der Waals surface area contributed by atoms with E-state index in [2.05, 4.69) is 24.5 Å². The molecule has 0 aliphatic heterocycles. The minimum Gasteiger partial charge on any atom is -0.444 e. The van der Waals surface area contributed by atoms with E-state index in [4.69, 9.17) is 10.5 Å². The van der Waals surface area contributed by atoms with Crippen LogP contribution in [0.3, 0.4) is 0 Å². The summed E-state index contributed by atoms with van der Waals surface area (Å²) in [7, 11) is 0. The van der Waals surface area contributed by atoms with Crippen LogP contribution in [0.2, 0.25) is 0 Å². The number of aryl methyl sites for hydroxylation is 2. The molecule has 0 aliphatic rings. The number of carbonyl (C=O) groups excluding carboxylic acids is 4. The van der Waals surface area contributed by atoms with E-state index in [1.165, 1.54) is 4.90 Å². The lowest BCUT2D eigenvalue weighted by molar-refractivity contribution is -0.146. The van der Waals surface area contributed by atoms with E-state index in [1.807, 2.05) is 59.7 Å². The van der Waals surface area contributed by atoms with Crippen molar-refractivity contribution >= 4 is 23.8 Å². The minimum atomic E-state index is -1.31. The Kier molecular flexibility index (Phi) is 12.0. The van der Waals surface area contributed by atoms with E-state index in [1.54, 1.807) is 20.8 Å². The van der Waals surface area contributed by atoms with Gasteiger partial charge in [0.2, 0.25) is 17.7 Å². The number of nitrogens with zero attached hydrogens (tertiary/aromatic N) is 1. The molecule has 1 aromatic rings. The number of amides is 4. The molecule has 1 rings (SSSR count). The first-order chi connectivity index (χ1) is 17.7. The van der Waals surface area contributed by atoms with Crippen LogP contribution < -0.4 is 16.4 Å². The Bertz CT molecular complexity index is 1020. The third-order valence-electron chi connectivity index (χ3n) is 6.16. The maximum absolute atomic E-state index is 14.3. The highest BCUT2D eigenvalue weighted by Crippen LogP contribution is 2.29. The molecule has 0 bridgehead atoms. The van der Waals surface area contributed by atoms with Crippen LogP contribution in [0.1, 0.15) is 104 Å². The summed E-state index contributed by atoms with van der Waals surface area (Å²) in [4.78, 5) is 54.3. The Morgan fingerprint density at radius 2 is 1.54 bits per heavy atom. The minimum absolute atomic E-state index is 0.356. The number of benzene rings is 1. The van der Waals surface area contributed by atoms with Gasteiger partial charge in [0.25, 0.3) is 0 Å².